The van der Waals surface area contributed by atoms with Crippen molar-refractivity contribution in [1.82, 2.24) is 5.43 Å². The number of carbonyl (C=O) groups is 1. The van der Waals surface area contributed by atoms with Gasteiger partial charge in [-0.05, 0) is 61.4 Å². The van der Waals surface area contributed by atoms with Crippen LogP contribution in [0, 0.1) is 6.92 Å². The fourth-order valence-electron chi connectivity index (χ4n) is 2.30. The molecule has 0 aliphatic rings. The highest BCUT2D eigenvalue weighted by Gasteiger charge is 2.06. The van der Waals surface area contributed by atoms with Crippen LogP contribution in [-0.2, 0) is 0 Å². The Morgan fingerprint density at radius 1 is 1.14 bits per heavy atom. The number of nitrogens with two attached hydrogens (primary N) is 1. The third-order valence-corrected chi connectivity index (χ3v) is 4.02. The maximum absolute atomic E-state index is 10.6. The average Bonchev–Trinajstić information content (AvgIpc) is 2.65. The third kappa shape index (κ3) is 7.00. The lowest BCUT2D eigenvalue weighted by Crippen LogP contribution is -2.24. The molecule has 2 aromatic rings. The molecule has 0 aliphatic heterocycles. The van der Waals surface area contributed by atoms with E-state index in [1.54, 1.807) is 18.2 Å². The molecule has 0 aromatic heterocycles. The van der Waals surface area contributed by atoms with Gasteiger partial charge in [0.05, 0.1) is 26.0 Å². The van der Waals surface area contributed by atoms with Crippen LogP contribution in [0.15, 0.2) is 41.5 Å². The number of amides is 2. The molecule has 0 aliphatic carbocycles. The Hall–Kier alpha value is -2.93. The molecule has 0 heterocycles. The van der Waals surface area contributed by atoms with E-state index in [1.165, 1.54) is 6.21 Å². The van der Waals surface area contributed by atoms with Crippen LogP contribution in [-0.4, -0.2) is 32.1 Å². The number of nitrogens with one attached hydrogen (secondary N) is 1. The van der Waals surface area contributed by atoms with E-state index in [2.05, 4.69) is 10.5 Å². The van der Waals surface area contributed by atoms with E-state index in [0.29, 0.717) is 37.7 Å². The molecule has 8 heteroatoms. The summed E-state index contributed by atoms with van der Waals surface area (Å²) in [5, 5.41) is 4.45. The summed E-state index contributed by atoms with van der Waals surface area (Å²) < 4.78 is 17.1. The summed E-state index contributed by atoms with van der Waals surface area (Å²) in [5.41, 5.74) is 8.83. The number of urea groups is 1. The summed E-state index contributed by atoms with van der Waals surface area (Å²) in [6.45, 7) is 5.32. The Balaban J connectivity index is 1.85. The second kappa shape index (κ2) is 11.0. The monoisotopic (exact) mass is 405 g/mol. The number of nitrogens with zero attached hydrogens (tertiary/aromatic N) is 1. The highest BCUT2D eigenvalue weighted by atomic mass is 35.5. The predicted octanol–water partition coefficient (Wildman–Crippen LogP) is 3.90. The molecular formula is C20H24ClN3O4. The molecule has 0 spiro atoms. The van der Waals surface area contributed by atoms with Gasteiger partial charge in [-0.15, -0.1) is 0 Å². The molecule has 0 saturated heterocycles. The molecule has 2 aromatic carbocycles. The van der Waals surface area contributed by atoms with E-state index in [9.17, 15) is 4.79 Å². The van der Waals surface area contributed by atoms with Crippen molar-refractivity contribution in [1.29, 1.82) is 0 Å². The van der Waals surface area contributed by atoms with E-state index in [-0.39, 0.29) is 0 Å². The third-order valence-electron chi connectivity index (χ3n) is 3.60. The van der Waals surface area contributed by atoms with E-state index in [0.717, 1.165) is 21.9 Å². The van der Waals surface area contributed by atoms with Crippen molar-refractivity contribution in [2.75, 3.05) is 19.8 Å². The second-order valence-corrected chi connectivity index (χ2v) is 6.24. The quantitative estimate of drug-likeness (QED) is 0.356. The van der Waals surface area contributed by atoms with Gasteiger partial charge in [0, 0.05) is 11.4 Å². The Labute approximate surface area is 169 Å². The van der Waals surface area contributed by atoms with Gasteiger partial charge in [0.25, 0.3) is 0 Å². The SMILES string of the molecule is CCOc1cc(/C=N\NC(N)=O)ccc1OCCCOc1ccc(Cl)c(C)c1. The lowest BCUT2D eigenvalue weighted by Gasteiger charge is -2.13. The van der Waals surface area contributed by atoms with E-state index in [4.69, 9.17) is 31.5 Å². The highest BCUT2D eigenvalue weighted by molar-refractivity contribution is 6.31. The van der Waals surface area contributed by atoms with Crippen LogP contribution in [0.1, 0.15) is 24.5 Å². The minimum atomic E-state index is -0.725. The predicted molar refractivity (Wildman–Crippen MR) is 110 cm³/mol. The molecule has 0 saturated carbocycles. The first-order chi connectivity index (χ1) is 13.5. The lowest BCUT2D eigenvalue weighted by molar-refractivity contribution is 0.236. The number of primary amides is 1. The minimum absolute atomic E-state index is 0.476. The van der Waals surface area contributed by atoms with Crippen LogP contribution in [0.25, 0.3) is 0 Å². The zero-order valence-electron chi connectivity index (χ0n) is 15.9. The molecule has 150 valence electrons. The Morgan fingerprint density at radius 2 is 1.93 bits per heavy atom. The van der Waals surface area contributed by atoms with Gasteiger partial charge in [0.15, 0.2) is 11.5 Å². The van der Waals surface area contributed by atoms with Gasteiger partial charge in [0.2, 0.25) is 0 Å². The van der Waals surface area contributed by atoms with Crippen molar-refractivity contribution in [3.8, 4) is 17.2 Å². The summed E-state index contributed by atoms with van der Waals surface area (Å²) in [4.78, 5) is 10.6. The van der Waals surface area contributed by atoms with Crippen LogP contribution in [0.3, 0.4) is 0 Å². The zero-order chi connectivity index (χ0) is 20.4. The summed E-state index contributed by atoms with van der Waals surface area (Å²) in [5.74, 6) is 2.01. The first-order valence-electron chi connectivity index (χ1n) is 8.86. The van der Waals surface area contributed by atoms with Gasteiger partial charge in [-0.25, -0.2) is 10.2 Å². The first kappa shape index (κ1) is 21.4. The highest BCUT2D eigenvalue weighted by Crippen LogP contribution is 2.28. The van der Waals surface area contributed by atoms with Crippen molar-refractivity contribution < 1.29 is 19.0 Å². The molecule has 3 N–H and O–H groups in total. The van der Waals surface area contributed by atoms with Gasteiger partial charge in [-0.3, -0.25) is 0 Å². The second-order valence-electron chi connectivity index (χ2n) is 5.83. The van der Waals surface area contributed by atoms with Crippen molar-refractivity contribution in [3.63, 3.8) is 0 Å². The maximum Gasteiger partial charge on any atom is 0.332 e. The number of ether oxygens (including phenoxy) is 3. The zero-order valence-corrected chi connectivity index (χ0v) is 16.7. The summed E-state index contributed by atoms with van der Waals surface area (Å²) in [6, 6.07) is 10.2. The summed E-state index contributed by atoms with van der Waals surface area (Å²) in [6.07, 6.45) is 2.18. The smallest absolute Gasteiger partial charge is 0.332 e. The van der Waals surface area contributed by atoms with Gasteiger partial charge >= 0.3 is 6.03 Å². The van der Waals surface area contributed by atoms with E-state index < -0.39 is 6.03 Å². The van der Waals surface area contributed by atoms with Crippen molar-refractivity contribution in [2.45, 2.75) is 20.3 Å². The van der Waals surface area contributed by atoms with Gasteiger partial charge in [-0.2, -0.15) is 5.10 Å². The minimum Gasteiger partial charge on any atom is -0.493 e. The van der Waals surface area contributed by atoms with Gasteiger partial charge in [-0.1, -0.05) is 11.6 Å². The van der Waals surface area contributed by atoms with Gasteiger partial charge in [0.1, 0.15) is 5.75 Å². The number of hydrogen-bond donors (Lipinski definition) is 2. The van der Waals surface area contributed by atoms with Gasteiger partial charge < -0.3 is 19.9 Å². The molecule has 7 nitrogen and oxygen atoms in total. The Kier molecular flexibility index (Phi) is 8.42. The fourth-order valence-corrected chi connectivity index (χ4v) is 2.42. The molecule has 0 radical (unpaired) electrons. The van der Waals surface area contributed by atoms with Crippen LogP contribution in [0.5, 0.6) is 17.2 Å². The molecule has 2 amide bonds. The number of rotatable bonds is 10. The molecule has 0 bridgehead atoms. The Bertz CT molecular complexity index is 827. The van der Waals surface area contributed by atoms with Crippen molar-refractivity contribution in [2.24, 2.45) is 10.8 Å². The van der Waals surface area contributed by atoms with Crippen LogP contribution < -0.4 is 25.4 Å². The molecule has 2 rings (SSSR count). The topological polar surface area (TPSA) is 95.2 Å². The Morgan fingerprint density at radius 3 is 2.64 bits per heavy atom. The average molecular weight is 406 g/mol. The molecular weight excluding hydrogens is 382 g/mol. The number of benzene rings is 2. The van der Waals surface area contributed by atoms with E-state index in [1.807, 2.05) is 32.0 Å². The molecule has 0 atom stereocenters. The normalized spacial score (nSPS) is 10.7. The van der Waals surface area contributed by atoms with Crippen LogP contribution in [0.4, 0.5) is 4.79 Å². The fraction of sp³-hybridized carbons (Fsp3) is 0.300. The van der Waals surface area contributed by atoms with Crippen molar-refractivity contribution >= 4 is 23.8 Å². The number of halogens is 1. The van der Waals surface area contributed by atoms with Crippen molar-refractivity contribution in [3.05, 3.63) is 52.5 Å². The molecule has 0 unspecified atom stereocenters. The first-order valence-corrected chi connectivity index (χ1v) is 9.24. The number of carbonyl (C=O) groups excluding carboxylic acids is 1. The molecule has 0 fully saturated rings. The number of aryl methyl sites for hydroxylation is 1. The number of hydrogen-bond acceptors (Lipinski definition) is 5. The maximum atomic E-state index is 10.6. The standard InChI is InChI=1S/C20H24ClN3O4/c1-3-26-19-12-15(13-23-24-20(22)25)5-8-18(19)28-10-4-9-27-16-6-7-17(21)14(2)11-16/h5-8,11-13H,3-4,9-10H2,1-2H3,(H3,22,24,25)/b23-13-. The number of hydrazone groups is 1. The van der Waals surface area contributed by atoms with Crippen LogP contribution in [0.2, 0.25) is 5.02 Å². The molecule has 28 heavy (non-hydrogen) atoms. The summed E-state index contributed by atoms with van der Waals surface area (Å²) in [7, 11) is 0. The summed E-state index contributed by atoms with van der Waals surface area (Å²) >= 11 is 6.01. The largest absolute Gasteiger partial charge is 0.493 e. The lowest BCUT2D eigenvalue weighted by atomic mass is 10.2. The van der Waals surface area contributed by atoms with E-state index >= 15 is 0 Å². The van der Waals surface area contributed by atoms with Crippen LogP contribution >= 0.6 is 11.6 Å².